The van der Waals surface area contributed by atoms with Crippen LogP contribution in [0.1, 0.15) is 52.9 Å². The van der Waals surface area contributed by atoms with Gasteiger partial charge in [-0.3, -0.25) is 4.79 Å². The molecular formula is C15H28N2O3. The quantitative estimate of drug-likeness (QED) is 0.706. The summed E-state index contributed by atoms with van der Waals surface area (Å²) in [5.74, 6) is -1.21. The number of carbonyl (C=O) groups excluding carboxylic acids is 1. The molecule has 1 aliphatic rings. The summed E-state index contributed by atoms with van der Waals surface area (Å²) >= 11 is 0. The predicted molar refractivity (Wildman–Crippen MR) is 78.6 cm³/mol. The average Bonchev–Trinajstić information content (AvgIpc) is 2.77. The van der Waals surface area contributed by atoms with Crippen molar-refractivity contribution in [2.45, 2.75) is 58.9 Å². The molecular weight excluding hydrogens is 256 g/mol. The van der Waals surface area contributed by atoms with E-state index in [0.717, 1.165) is 12.8 Å². The van der Waals surface area contributed by atoms with Gasteiger partial charge in [0.05, 0.1) is 5.92 Å². The smallest absolute Gasteiger partial charge is 0.317 e. The summed E-state index contributed by atoms with van der Waals surface area (Å²) in [5, 5.41) is 12.0. The summed E-state index contributed by atoms with van der Waals surface area (Å²) in [6.07, 6.45) is 5.77. The molecule has 20 heavy (non-hydrogen) atoms. The highest BCUT2D eigenvalue weighted by Crippen LogP contribution is 2.23. The fraction of sp³-hybridized carbons (Fsp3) is 0.867. The van der Waals surface area contributed by atoms with Gasteiger partial charge in [0.1, 0.15) is 0 Å². The lowest BCUT2D eigenvalue weighted by Crippen LogP contribution is -2.43. The van der Waals surface area contributed by atoms with Gasteiger partial charge < -0.3 is 15.3 Å². The Morgan fingerprint density at radius 1 is 1.30 bits per heavy atom. The summed E-state index contributed by atoms with van der Waals surface area (Å²) in [7, 11) is 0. The highest BCUT2D eigenvalue weighted by Gasteiger charge is 2.37. The van der Waals surface area contributed by atoms with Gasteiger partial charge in [0.15, 0.2) is 0 Å². The molecule has 1 aliphatic heterocycles. The molecule has 0 spiro atoms. The molecule has 0 saturated carbocycles. The van der Waals surface area contributed by atoms with E-state index in [2.05, 4.69) is 12.2 Å². The molecule has 1 heterocycles. The molecule has 0 radical (unpaired) electrons. The zero-order valence-electron chi connectivity index (χ0n) is 12.9. The van der Waals surface area contributed by atoms with E-state index in [1.54, 1.807) is 4.90 Å². The number of carboxylic acids is 1. The highest BCUT2D eigenvalue weighted by atomic mass is 16.4. The molecule has 3 unspecified atom stereocenters. The van der Waals surface area contributed by atoms with Crippen molar-refractivity contribution in [1.82, 2.24) is 10.2 Å². The summed E-state index contributed by atoms with van der Waals surface area (Å²) in [6.45, 7) is 6.94. The molecule has 2 N–H and O–H groups in total. The van der Waals surface area contributed by atoms with Crippen molar-refractivity contribution < 1.29 is 14.7 Å². The van der Waals surface area contributed by atoms with Gasteiger partial charge in [-0.1, -0.05) is 39.5 Å². The Morgan fingerprint density at radius 3 is 2.55 bits per heavy atom. The molecule has 3 atom stereocenters. The Hall–Kier alpha value is -1.26. The van der Waals surface area contributed by atoms with Crippen LogP contribution in [-0.2, 0) is 4.79 Å². The zero-order valence-corrected chi connectivity index (χ0v) is 12.9. The van der Waals surface area contributed by atoms with Crippen LogP contribution in [0.5, 0.6) is 0 Å². The van der Waals surface area contributed by atoms with Crippen LogP contribution in [0, 0.1) is 11.8 Å². The Balaban J connectivity index is 2.31. The minimum Gasteiger partial charge on any atom is -0.481 e. The summed E-state index contributed by atoms with van der Waals surface area (Å²) in [5.41, 5.74) is 0. The van der Waals surface area contributed by atoms with Crippen molar-refractivity contribution >= 4 is 12.0 Å². The van der Waals surface area contributed by atoms with Crippen LogP contribution >= 0.6 is 0 Å². The minimum absolute atomic E-state index is 0.0260. The maximum absolute atomic E-state index is 12.1. The molecule has 1 saturated heterocycles. The van der Waals surface area contributed by atoms with E-state index < -0.39 is 11.9 Å². The Kier molecular flexibility index (Phi) is 6.82. The van der Waals surface area contributed by atoms with Gasteiger partial charge in [0, 0.05) is 19.1 Å². The number of amides is 2. The molecule has 1 rings (SSSR count). The van der Waals surface area contributed by atoms with Crippen LogP contribution in [0.2, 0.25) is 0 Å². The van der Waals surface area contributed by atoms with E-state index in [4.69, 9.17) is 5.11 Å². The topological polar surface area (TPSA) is 69.6 Å². The van der Waals surface area contributed by atoms with Crippen molar-refractivity contribution in [3.8, 4) is 0 Å². The van der Waals surface area contributed by atoms with Crippen molar-refractivity contribution in [3.63, 3.8) is 0 Å². The monoisotopic (exact) mass is 284 g/mol. The fourth-order valence-electron chi connectivity index (χ4n) is 2.71. The molecule has 0 aromatic carbocycles. The van der Waals surface area contributed by atoms with Crippen molar-refractivity contribution in [1.29, 1.82) is 0 Å². The van der Waals surface area contributed by atoms with Crippen LogP contribution in [0.3, 0.4) is 0 Å². The van der Waals surface area contributed by atoms with E-state index in [-0.39, 0.29) is 18.0 Å². The molecule has 0 aliphatic carbocycles. The second-order valence-electron chi connectivity index (χ2n) is 6.03. The highest BCUT2D eigenvalue weighted by molar-refractivity contribution is 5.77. The first kappa shape index (κ1) is 16.8. The van der Waals surface area contributed by atoms with Gasteiger partial charge in [-0.25, -0.2) is 4.79 Å². The number of hydrogen-bond donors (Lipinski definition) is 2. The van der Waals surface area contributed by atoms with Crippen molar-refractivity contribution in [2.75, 3.05) is 13.1 Å². The lowest BCUT2D eigenvalue weighted by molar-refractivity contribution is -0.142. The molecule has 5 nitrogen and oxygen atoms in total. The van der Waals surface area contributed by atoms with E-state index >= 15 is 0 Å². The van der Waals surface area contributed by atoms with Gasteiger partial charge in [-0.05, 0) is 19.3 Å². The maximum atomic E-state index is 12.1. The number of unbranched alkanes of at least 4 members (excludes halogenated alkanes) is 3. The number of aliphatic carboxylic acids is 1. The van der Waals surface area contributed by atoms with Gasteiger partial charge in [-0.2, -0.15) is 0 Å². The predicted octanol–water partition coefficient (Wildman–Crippen LogP) is 2.71. The Morgan fingerprint density at radius 2 is 2.00 bits per heavy atom. The van der Waals surface area contributed by atoms with Gasteiger partial charge >= 0.3 is 12.0 Å². The molecule has 1 fully saturated rings. The molecule has 116 valence electrons. The second-order valence-corrected chi connectivity index (χ2v) is 6.03. The van der Waals surface area contributed by atoms with Gasteiger partial charge in [-0.15, -0.1) is 0 Å². The first-order valence-corrected chi connectivity index (χ1v) is 7.74. The first-order chi connectivity index (χ1) is 9.45. The van der Waals surface area contributed by atoms with E-state index in [9.17, 15) is 9.59 Å². The third kappa shape index (κ3) is 5.02. The maximum Gasteiger partial charge on any atom is 0.317 e. The van der Waals surface area contributed by atoms with Crippen LogP contribution in [0.15, 0.2) is 0 Å². The summed E-state index contributed by atoms with van der Waals surface area (Å²) in [4.78, 5) is 24.8. The number of carboxylic acid groups (broad SMARTS) is 1. The van der Waals surface area contributed by atoms with E-state index in [1.165, 1.54) is 19.3 Å². The molecule has 5 heteroatoms. The molecule has 0 aromatic rings. The van der Waals surface area contributed by atoms with E-state index in [0.29, 0.717) is 13.1 Å². The largest absolute Gasteiger partial charge is 0.481 e. The number of urea groups is 1. The van der Waals surface area contributed by atoms with Crippen molar-refractivity contribution in [2.24, 2.45) is 11.8 Å². The third-order valence-electron chi connectivity index (χ3n) is 4.08. The molecule has 0 bridgehead atoms. The first-order valence-electron chi connectivity index (χ1n) is 7.74. The standard InChI is InChI=1S/C15H28N2O3/c1-4-5-6-7-8-12(3)16-15(20)17-9-11(2)13(10-17)14(18)19/h11-13H,4-10H2,1-3H3,(H,16,20)(H,18,19). The number of nitrogens with one attached hydrogen (secondary N) is 1. The van der Waals surface area contributed by atoms with Gasteiger partial charge in [0.2, 0.25) is 0 Å². The number of nitrogens with zero attached hydrogens (tertiary/aromatic N) is 1. The number of hydrogen-bond acceptors (Lipinski definition) is 2. The number of rotatable bonds is 7. The third-order valence-corrected chi connectivity index (χ3v) is 4.08. The second kappa shape index (κ2) is 8.12. The molecule has 0 aromatic heterocycles. The lowest BCUT2D eigenvalue weighted by atomic mass is 9.99. The van der Waals surface area contributed by atoms with Crippen LogP contribution in [0.4, 0.5) is 4.79 Å². The average molecular weight is 284 g/mol. The normalized spacial score (nSPS) is 23.6. The van der Waals surface area contributed by atoms with Crippen LogP contribution < -0.4 is 5.32 Å². The summed E-state index contributed by atoms with van der Waals surface area (Å²) in [6, 6.07) is 0.0298. The molecule has 2 amide bonds. The summed E-state index contributed by atoms with van der Waals surface area (Å²) < 4.78 is 0. The lowest BCUT2D eigenvalue weighted by Gasteiger charge is -2.20. The minimum atomic E-state index is -0.805. The van der Waals surface area contributed by atoms with Crippen molar-refractivity contribution in [3.05, 3.63) is 0 Å². The Bertz CT molecular complexity index is 333. The fourth-order valence-corrected chi connectivity index (χ4v) is 2.71. The Labute approximate surface area is 121 Å². The van der Waals surface area contributed by atoms with Crippen LogP contribution in [0.25, 0.3) is 0 Å². The van der Waals surface area contributed by atoms with Gasteiger partial charge in [0.25, 0.3) is 0 Å². The van der Waals surface area contributed by atoms with Crippen LogP contribution in [-0.4, -0.2) is 41.1 Å². The SMILES string of the molecule is CCCCCCC(C)NC(=O)N1CC(C)C(C(=O)O)C1. The zero-order chi connectivity index (χ0) is 15.1. The number of likely N-dealkylation sites (tertiary alicyclic amines) is 1. The number of carbonyl (C=O) groups is 2. The van der Waals surface area contributed by atoms with E-state index in [1.807, 2.05) is 13.8 Å².